The largest absolute Gasteiger partial charge is 0.470 e. The highest BCUT2D eigenvalue weighted by Gasteiger charge is 2.25. The maximum atomic E-state index is 12.8. The summed E-state index contributed by atoms with van der Waals surface area (Å²) in [7, 11) is 0. The van der Waals surface area contributed by atoms with E-state index in [1.807, 2.05) is 50.4 Å². The van der Waals surface area contributed by atoms with Crippen LogP contribution in [0.15, 0.2) is 52.3 Å². The number of benzene rings is 1. The van der Waals surface area contributed by atoms with Crippen LogP contribution in [0.3, 0.4) is 0 Å². The number of halogens is 2. The molecule has 3 aromatic rings. The van der Waals surface area contributed by atoms with Crippen LogP contribution < -0.4 is 10.1 Å². The van der Waals surface area contributed by atoms with Crippen LogP contribution in [-0.2, 0) is 0 Å². The molecule has 0 unspecified atom stereocenters. The number of amidine groups is 1. The molecule has 0 radical (unpaired) electrons. The molecule has 11 heteroatoms. The molecule has 3 heterocycles. The van der Waals surface area contributed by atoms with Gasteiger partial charge >= 0.3 is 0 Å². The number of aliphatic imine (C=N–C) groups is 2. The van der Waals surface area contributed by atoms with Crippen molar-refractivity contribution >= 4 is 40.9 Å². The average Bonchev–Trinajstić information content (AvgIpc) is 3.49. The molecule has 0 spiro atoms. The normalized spacial score (nSPS) is 16.8. The monoisotopic (exact) mass is 542 g/mol. The number of H-pyrrole nitrogens is 2. The molecule has 5 rings (SSSR count). The number of hydrogen-bond acceptors (Lipinski definition) is 6. The van der Waals surface area contributed by atoms with Crippen LogP contribution in [0.4, 0.5) is 10.2 Å². The van der Waals surface area contributed by atoms with Crippen LogP contribution >= 0.6 is 11.6 Å². The van der Waals surface area contributed by atoms with Gasteiger partial charge in [-0.2, -0.15) is 5.10 Å². The van der Waals surface area contributed by atoms with Gasteiger partial charge in [-0.15, -0.1) is 0 Å². The zero-order chi connectivity index (χ0) is 26.9. The van der Waals surface area contributed by atoms with E-state index in [0.717, 1.165) is 29.7 Å². The summed E-state index contributed by atoms with van der Waals surface area (Å²) in [4.78, 5) is 16.3. The molecule has 38 heavy (non-hydrogen) atoms. The lowest BCUT2D eigenvalue weighted by atomic mass is 10.2. The predicted octanol–water partition coefficient (Wildman–Crippen LogP) is 5.42. The third kappa shape index (κ3) is 6.93. The van der Waals surface area contributed by atoms with E-state index in [-0.39, 0.29) is 13.4 Å². The molecule has 1 saturated carbocycles. The van der Waals surface area contributed by atoms with Gasteiger partial charge in [-0.3, -0.25) is 10.00 Å². The number of aromatic amines is 2. The van der Waals surface area contributed by atoms with E-state index in [1.54, 1.807) is 0 Å². The zero-order valence-electron chi connectivity index (χ0n) is 22.0. The van der Waals surface area contributed by atoms with Crippen LogP contribution in [0.1, 0.15) is 38.3 Å². The highest BCUT2D eigenvalue weighted by Crippen LogP contribution is 2.39. The number of nitrogens with one attached hydrogen (secondary N) is 3. The van der Waals surface area contributed by atoms with Crippen molar-refractivity contribution in [2.24, 2.45) is 9.98 Å². The van der Waals surface area contributed by atoms with Crippen LogP contribution in [0.25, 0.3) is 10.9 Å². The van der Waals surface area contributed by atoms with Crippen molar-refractivity contribution in [3.63, 3.8) is 0 Å². The first kappa shape index (κ1) is 27.7. The van der Waals surface area contributed by atoms with Gasteiger partial charge in [0.05, 0.1) is 5.02 Å². The van der Waals surface area contributed by atoms with E-state index < -0.39 is 0 Å². The van der Waals surface area contributed by atoms with Gasteiger partial charge < -0.3 is 19.9 Å². The molecule has 1 aliphatic heterocycles. The van der Waals surface area contributed by atoms with Crippen LogP contribution in [0.5, 0.6) is 5.75 Å². The zero-order valence-corrected chi connectivity index (χ0v) is 22.8. The summed E-state index contributed by atoms with van der Waals surface area (Å²) >= 11 is 6.52. The maximum absolute atomic E-state index is 12.8. The molecule has 204 valence electrons. The number of ether oxygens (including phenoxy) is 1. The molecule has 0 bridgehead atoms. The summed E-state index contributed by atoms with van der Waals surface area (Å²) < 4.78 is 18.7. The predicted molar refractivity (Wildman–Crippen MR) is 153 cm³/mol. The summed E-state index contributed by atoms with van der Waals surface area (Å²) in [6.45, 7) is 10.8. The molecule has 0 amide bonds. The number of anilines is 1. The quantitative estimate of drug-likeness (QED) is 0.235. The second kappa shape index (κ2) is 13.4. The van der Waals surface area contributed by atoms with Crippen LogP contribution in [0, 0.1) is 0 Å². The maximum Gasteiger partial charge on any atom is 0.181 e. The van der Waals surface area contributed by atoms with E-state index in [9.17, 15) is 4.39 Å². The number of alkyl halides is 1. The summed E-state index contributed by atoms with van der Waals surface area (Å²) in [5.41, 5.74) is 2.07. The molecular formula is C27H36ClFN8O. The SMILES string of the molecule is C=N/C(=C\C(=N/COc1ccc2[nH]ccc2c1Cl)N1CCN(CCF)CC1)Nc1cc(C2CC2)[nH]n1.CC. The van der Waals surface area contributed by atoms with Crippen molar-refractivity contribution in [1.82, 2.24) is 25.0 Å². The average molecular weight is 543 g/mol. The smallest absolute Gasteiger partial charge is 0.181 e. The first-order chi connectivity index (χ1) is 18.6. The molecular weight excluding hydrogens is 507 g/mol. The molecule has 1 aliphatic carbocycles. The lowest BCUT2D eigenvalue weighted by Crippen LogP contribution is -2.49. The van der Waals surface area contributed by atoms with Crippen molar-refractivity contribution in [2.75, 3.05) is 51.4 Å². The Balaban J connectivity index is 0.00000164. The van der Waals surface area contributed by atoms with Gasteiger partial charge in [0.25, 0.3) is 0 Å². The Hall–Kier alpha value is -3.37. The van der Waals surface area contributed by atoms with Gasteiger partial charge in [0, 0.05) is 73.6 Å². The van der Waals surface area contributed by atoms with Gasteiger partial charge in [-0.05, 0) is 37.8 Å². The van der Waals surface area contributed by atoms with Gasteiger partial charge in [0.15, 0.2) is 12.5 Å². The van der Waals surface area contributed by atoms with E-state index in [4.69, 9.17) is 21.3 Å². The summed E-state index contributed by atoms with van der Waals surface area (Å²) in [5, 5.41) is 12.1. The molecule has 0 atom stereocenters. The number of fused-ring (bicyclic) bond motifs is 1. The number of piperazine rings is 1. The third-order valence-electron chi connectivity index (χ3n) is 6.48. The second-order valence-corrected chi connectivity index (χ2v) is 9.30. The number of nitrogens with zero attached hydrogens (tertiary/aromatic N) is 5. The minimum Gasteiger partial charge on any atom is -0.470 e. The minimum absolute atomic E-state index is 0.0742. The Kier molecular flexibility index (Phi) is 9.78. The summed E-state index contributed by atoms with van der Waals surface area (Å²) in [6, 6.07) is 7.67. The fourth-order valence-electron chi connectivity index (χ4n) is 4.29. The number of aromatic nitrogens is 3. The molecule has 9 nitrogen and oxygen atoms in total. The Bertz CT molecular complexity index is 1260. The highest BCUT2D eigenvalue weighted by atomic mass is 35.5. The molecule has 2 aromatic heterocycles. The fraction of sp³-hybridized carbons (Fsp3) is 0.444. The number of rotatable bonds is 10. The first-order valence-corrected chi connectivity index (χ1v) is 13.5. The van der Waals surface area contributed by atoms with Crippen LogP contribution in [-0.4, -0.2) is 83.7 Å². The topological polar surface area (TPSA) is 96.9 Å². The standard InChI is InChI=1S/C25H30ClFN8O.C2H6/c1-28-22(31-23-14-20(32-33-23)17-2-3-17)15-24(35-12-10-34(9-7-27)11-13-35)30-16-36-21-5-4-19-18(25(21)26)6-8-29-19;1-2/h4-6,8,14-15,17,29H,1-3,7,9-13,16H2,(H2,31,32,33);1-2H3/b22-15+,30-24+;. The third-order valence-corrected chi connectivity index (χ3v) is 6.87. The molecule has 1 saturated heterocycles. The summed E-state index contributed by atoms with van der Waals surface area (Å²) in [5.74, 6) is 3.05. The van der Waals surface area contributed by atoms with Crippen molar-refractivity contribution in [2.45, 2.75) is 32.6 Å². The highest BCUT2D eigenvalue weighted by molar-refractivity contribution is 6.36. The molecule has 2 aliphatic rings. The van der Waals surface area contributed by atoms with E-state index in [1.165, 1.54) is 12.8 Å². The van der Waals surface area contributed by atoms with Crippen LogP contribution in [0.2, 0.25) is 5.02 Å². The Morgan fingerprint density at radius 1 is 1.26 bits per heavy atom. The molecule has 3 N–H and O–H groups in total. The van der Waals surface area contributed by atoms with Gasteiger partial charge in [0.1, 0.15) is 24.1 Å². The van der Waals surface area contributed by atoms with Gasteiger partial charge in [-0.25, -0.2) is 14.4 Å². The summed E-state index contributed by atoms with van der Waals surface area (Å²) in [6.07, 6.45) is 6.06. The van der Waals surface area contributed by atoms with Gasteiger partial charge in [0.2, 0.25) is 0 Å². The van der Waals surface area contributed by atoms with Crippen molar-refractivity contribution in [1.29, 1.82) is 0 Å². The number of hydrogen-bond donors (Lipinski definition) is 3. The van der Waals surface area contributed by atoms with Crippen molar-refractivity contribution < 1.29 is 9.13 Å². The first-order valence-electron chi connectivity index (χ1n) is 13.1. The van der Waals surface area contributed by atoms with Gasteiger partial charge in [-0.1, -0.05) is 25.4 Å². The Morgan fingerprint density at radius 3 is 2.76 bits per heavy atom. The van der Waals surface area contributed by atoms with E-state index >= 15 is 0 Å². The lowest BCUT2D eigenvalue weighted by molar-refractivity contribution is 0.171. The fourth-order valence-corrected chi connectivity index (χ4v) is 4.57. The Labute approximate surface area is 227 Å². The van der Waals surface area contributed by atoms with Crippen molar-refractivity contribution in [3.8, 4) is 5.75 Å². The minimum atomic E-state index is -0.345. The lowest BCUT2D eigenvalue weighted by Gasteiger charge is -2.35. The molecule has 2 fully saturated rings. The van der Waals surface area contributed by atoms with E-state index in [2.05, 4.69) is 42.0 Å². The molecule has 1 aromatic carbocycles. The van der Waals surface area contributed by atoms with E-state index in [0.29, 0.717) is 53.8 Å². The second-order valence-electron chi connectivity index (χ2n) is 8.92. The van der Waals surface area contributed by atoms with Crippen molar-refractivity contribution in [3.05, 3.63) is 53.1 Å². The Morgan fingerprint density at radius 2 is 2.05 bits per heavy atom.